The monoisotopic (exact) mass is 1150 g/mol. The van der Waals surface area contributed by atoms with Crippen molar-refractivity contribution in [3.63, 3.8) is 0 Å². The van der Waals surface area contributed by atoms with Crippen LogP contribution in [0.25, 0.3) is 0 Å². The molecule has 2 unspecified atom stereocenters. The van der Waals surface area contributed by atoms with Crippen molar-refractivity contribution in [1.82, 2.24) is 0 Å². The van der Waals surface area contributed by atoms with Crippen molar-refractivity contribution in [2.45, 2.75) is 213 Å². The number of quaternary nitrogens is 1. The smallest absolute Gasteiger partial charge is 0.306 e. The van der Waals surface area contributed by atoms with Crippen LogP contribution >= 0.6 is 7.82 Å². The molecule has 0 aromatic rings. The molecule has 0 aromatic heterocycles. The number of carbonyl (C=O) groups is 2. The van der Waals surface area contributed by atoms with E-state index in [4.69, 9.17) is 18.5 Å². The van der Waals surface area contributed by atoms with E-state index in [1.807, 2.05) is 27.2 Å². The van der Waals surface area contributed by atoms with Crippen LogP contribution in [0.5, 0.6) is 0 Å². The first-order valence-electron chi connectivity index (χ1n) is 31.5. The molecule has 2 atom stereocenters. The summed E-state index contributed by atoms with van der Waals surface area (Å²) in [7, 11) is 1.11. The van der Waals surface area contributed by atoms with Gasteiger partial charge in [-0.15, -0.1) is 0 Å². The number of unbranched alkanes of at least 4 members (excludes halogenated alkanes) is 11. The molecule has 0 bridgehead atoms. The fourth-order valence-corrected chi connectivity index (χ4v) is 8.39. The summed E-state index contributed by atoms with van der Waals surface area (Å²) < 4.78 is 34.1. The zero-order chi connectivity index (χ0) is 59.8. The van der Waals surface area contributed by atoms with Gasteiger partial charge < -0.3 is 27.9 Å². The lowest BCUT2D eigenvalue weighted by Crippen LogP contribution is -2.37. The molecule has 82 heavy (non-hydrogen) atoms. The molecule has 0 radical (unpaired) electrons. The number of allylic oxidation sites excluding steroid dienone is 30. The maximum Gasteiger partial charge on any atom is 0.306 e. The van der Waals surface area contributed by atoms with Crippen LogP contribution < -0.4 is 4.89 Å². The number of hydrogen-bond acceptors (Lipinski definition) is 8. The Morgan fingerprint density at radius 2 is 0.671 bits per heavy atom. The van der Waals surface area contributed by atoms with Gasteiger partial charge in [-0.2, -0.15) is 0 Å². The molecule has 0 aliphatic rings. The highest BCUT2D eigenvalue weighted by atomic mass is 31.2. The Labute approximate surface area is 501 Å². The topological polar surface area (TPSA) is 111 Å². The third-order valence-corrected chi connectivity index (χ3v) is 13.4. The average molecular weight is 1150 g/mol. The summed E-state index contributed by atoms with van der Waals surface area (Å²) in [5.41, 5.74) is 0. The fourth-order valence-electron chi connectivity index (χ4n) is 7.66. The molecule has 0 saturated carbocycles. The second kappa shape index (κ2) is 60.7. The normalized spacial score (nSPS) is 14.5. The average Bonchev–Trinajstić information content (AvgIpc) is 3.45. The van der Waals surface area contributed by atoms with E-state index in [0.717, 1.165) is 128 Å². The van der Waals surface area contributed by atoms with Crippen LogP contribution in [0.2, 0.25) is 0 Å². The molecule has 0 aliphatic heterocycles. The number of esters is 2. The minimum absolute atomic E-state index is 0.0502. The van der Waals surface area contributed by atoms with Gasteiger partial charge >= 0.3 is 11.9 Å². The van der Waals surface area contributed by atoms with Crippen LogP contribution in [0.4, 0.5) is 0 Å². The Bertz CT molecular complexity index is 2030. The van der Waals surface area contributed by atoms with Crippen LogP contribution in [0.3, 0.4) is 0 Å². The van der Waals surface area contributed by atoms with Crippen LogP contribution in [-0.2, 0) is 32.7 Å². The van der Waals surface area contributed by atoms with Crippen LogP contribution in [0.1, 0.15) is 206 Å². The molecule has 0 aromatic carbocycles. The summed E-state index contributed by atoms with van der Waals surface area (Å²) in [5.74, 6) is -0.921. The minimum Gasteiger partial charge on any atom is -0.756 e. The standard InChI is InChI=1S/C72H114NO8P/c1-6-8-10-12-14-16-18-20-22-24-25-26-27-28-29-30-31-32-33-34-35-36-37-38-39-40-41-42-43-44-45-46-47-49-51-53-55-57-59-61-63-65-72(75)81-70(69-80-82(76,77)79-67-66-73(3,4)5)68-78-71(74)64-62-60-58-56-54-52-50-48-23-21-19-17-15-13-11-9-7-2/h8-11,14-17,20-23,25-26,28-29,31-32,34-35,37-38,40-41,43-44,50,52,56,58,70H,6-7,12-13,18-19,24,27,30,33,36,39,42,45-49,51,53-55,57,59-69H2,1-5H3/b10-8-,11-9-,16-14-,17-15-,22-20-,23-21-,26-25-,29-28-,32-31-,35-34-,38-37-,41-40-,44-43-,52-50-,58-56-. The van der Waals surface area contributed by atoms with Crippen molar-refractivity contribution in [2.75, 3.05) is 47.5 Å². The van der Waals surface area contributed by atoms with Gasteiger partial charge in [-0.05, 0) is 128 Å². The summed E-state index contributed by atoms with van der Waals surface area (Å²) in [6, 6.07) is 0. The van der Waals surface area contributed by atoms with E-state index in [1.54, 1.807) is 0 Å². The lowest BCUT2D eigenvalue weighted by atomic mass is 10.0. The number of likely N-dealkylation sites (N-methyl/N-ethyl adjacent to an activating group) is 1. The van der Waals surface area contributed by atoms with Gasteiger partial charge in [-0.1, -0.05) is 247 Å². The SMILES string of the molecule is CC/C=C\C/C=C\C/C=C\C/C=C\C/C=C\C/C=C\C/C=C\C/C=C\C/C=C\C/C=C\CCCCCCCCCCCCC(=O)OC(COC(=O)CCC/C=C\C/C=C\C/C=C\C/C=C\C/C=C\CC)COP(=O)([O-])OCC[N+](C)(C)C. The highest BCUT2D eigenvalue weighted by Gasteiger charge is 2.21. The van der Waals surface area contributed by atoms with E-state index in [9.17, 15) is 19.0 Å². The van der Waals surface area contributed by atoms with Crippen LogP contribution in [0, 0.1) is 0 Å². The first kappa shape index (κ1) is 77.1. The predicted molar refractivity (Wildman–Crippen MR) is 350 cm³/mol. The summed E-state index contributed by atoms with van der Waals surface area (Å²) in [5, 5.41) is 0. The molecule has 0 saturated heterocycles. The molecule has 9 nitrogen and oxygen atoms in total. The molecule has 0 fully saturated rings. The van der Waals surface area contributed by atoms with E-state index in [1.165, 1.54) is 38.5 Å². The van der Waals surface area contributed by atoms with E-state index in [-0.39, 0.29) is 26.1 Å². The zero-order valence-corrected chi connectivity index (χ0v) is 53.0. The van der Waals surface area contributed by atoms with Gasteiger partial charge in [0, 0.05) is 12.8 Å². The largest absolute Gasteiger partial charge is 0.756 e. The third kappa shape index (κ3) is 64.3. The lowest BCUT2D eigenvalue weighted by Gasteiger charge is -2.28. The zero-order valence-electron chi connectivity index (χ0n) is 52.1. The number of phosphoric acid groups is 1. The molecule has 0 heterocycles. The Morgan fingerprint density at radius 1 is 0.378 bits per heavy atom. The minimum atomic E-state index is -4.66. The highest BCUT2D eigenvalue weighted by molar-refractivity contribution is 7.45. The molecule has 10 heteroatoms. The first-order valence-corrected chi connectivity index (χ1v) is 33.0. The quantitative estimate of drug-likeness (QED) is 0.0195. The third-order valence-electron chi connectivity index (χ3n) is 12.4. The van der Waals surface area contributed by atoms with Gasteiger partial charge in [0.05, 0.1) is 27.7 Å². The van der Waals surface area contributed by atoms with E-state index < -0.39 is 32.5 Å². The fraction of sp³-hybridized carbons (Fsp3) is 0.556. The molecular weight excluding hydrogens is 1040 g/mol. The summed E-state index contributed by atoms with van der Waals surface area (Å²) in [6.07, 6.45) is 94.0. The second-order valence-electron chi connectivity index (χ2n) is 21.3. The van der Waals surface area contributed by atoms with Gasteiger partial charge in [0.1, 0.15) is 19.8 Å². The number of carbonyl (C=O) groups excluding carboxylic acids is 2. The molecular formula is C72H114NO8P. The molecule has 0 aliphatic carbocycles. The number of phosphoric ester groups is 1. The van der Waals surface area contributed by atoms with Gasteiger partial charge in [0.25, 0.3) is 7.82 Å². The summed E-state index contributed by atoms with van der Waals surface area (Å²) in [4.78, 5) is 37.9. The Balaban J connectivity index is 4.16. The number of rotatable bonds is 55. The van der Waals surface area contributed by atoms with Gasteiger partial charge in [0.2, 0.25) is 0 Å². The van der Waals surface area contributed by atoms with Gasteiger partial charge in [0.15, 0.2) is 6.10 Å². The van der Waals surface area contributed by atoms with Crippen LogP contribution in [-0.4, -0.2) is 70.0 Å². The van der Waals surface area contributed by atoms with Crippen molar-refractivity contribution < 1.29 is 42.1 Å². The predicted octanol–water partition coefficient (Wildman–Crippen LogP) is 19.7. The van der Waals surface area contributed by atoms with Crippen molar-refractivity contribution in [1.29, 1.82) is 0 Å². The number of hydrogen-bond donors (Lipinski definition) is 0. The van der Waals surface area contributed by atoms with Crippen molar-refractivity contribution in [3.8, 4) is 0 Å². The molecule has 0 rings (SSSR count). The van der Waals surface area contributed by atoms with E-state index in [2.05, 4.69) is 190 Å². The van der Waals surface area contributed by atoms with E-state index in [0.29, 0.717) is 23.9 Å². The second-order valence-corrected chi connectivity index (χ2v) is 22.7. The van der Waals surface area contributed by atoms with Gasteiger partial charge in [-0.25, -0.2) is 0 Å². The maximum absolute atomic E-state index is 12.8. The van der Waals surface area contributed by atoms with Gasteiger partial charge in [-0.3, -0.25) is 14.2 Å². The molecule has 0 N–H and O–H groups in total. The Morgan fingerprint density at radius 3 is 1.01 bits per heavy atom. The summed E-state index contributed by atoms with van der Waals surface area (Å²) >= 11 is 0. The van der Waals surface area contributed by atoms with Crippen molar-refractivity contribution >= 4 is 19.8 Å². The Kier molecular flexibility index (Phi) is 57.1. The number of ether oxygens (including phenoxy) is 2. The Hall–Kier alpha value is -4.89. The van der Waals surface area contributed by atoms with E-state index >= 15 is 0 Å². The summed E-state index contributed by atoms with van der Waals surface area (Å²) in [6.45, 7) is 3.91. The van der Waals surface area contributed by atoms with Crippen LogP contribution in [0.15, 0.2) is 182 Å². The number of nitrogens with zero attached hydrogens (tertiary/aromatic N) is 1. The molecule has 0 amide bonds. The first-order chi connectivity index (χ1) is 40.0. The lowest BCUT2D eigenvalue weighted by molar-refractivity contribution is -0.870. The van der Waals surface area contributed by atoms with Crippen molar-refractivity contribution in [2.24, 2.45) is 0 Å². The molecule has 0 spiro atoms. The van der Waals surface area contributed by atoms with Crippen molar-refractivity contribution in [3.05, 3.63) is 182 Å². The maximum atomic E-state index is 12.8. The molecule has 460 valence electrons. The highest BCUT2D eigenvalue weighted by Crippen LogP contribution is 2.38.